The molecule has 1 N–H and O–H groups in total. The van der Waals surface area contributed by atoms with E-state index in [0.29, 0.717) is 0 Å². The van der Waals surface area contributed by atoms with Crippen molar-refractivity contribution in [2.75, 3.05) is 0 Å². The Morgan fingerprint density at radius 3 is 2.68 bits per heavy atom. The van der Waals surface area contributed by atoms with Crippen LogP contribution in [0.2, 0.25) is 0 Å². The van der Waals surface area contributed by atoms with Gasteiger partial charge in [0.2, 0.25) is 0 Å². The monoisotopic (exact) mass is 433 g/mol. The summed E-state index contributed by atoms with van der Waals surface area (Å²) < 4.78 is 16.7. The molecule has 5 heteroatoms. The molecule has 0 fully saturated rings. The summed E-state index contributed by atoms with van der Waals surface area (Å²) in [6.07, 6.45) is 0.872. The van der Waals surface area contributed by atoms with Gasteiger partial charge < -0.3 is 9.67 Å². The first kappa shape index (κ1) is 20.1. The zero-order valence-corrected chi connectivity index (χ0v) is 18.4. The van der Waals surface area contributed by atoms with E-state index in [1.54, 1.807) is 23.9 Å². The average Bonchev–Trinajstić information content (AvgIpc) is 3.26. The number of carboxylic acids is 1. The van der Waals surface area contributed by atoms with Crippen LogP contribution in [0.5, 0.6) is 0 Å². The molecule has 0 amide bonds. The molecule has 158 valence electrons. The van der Waals surface area contributed by atoms with Gasteiger partial charge in [-0.3, -0.25) is 4.79 Å². The van der Waals surface area contributed by atoms with E-state index in [1.807, 2.05) is 12.1 Å². The highest BCUT2D eigenvalue weighted by molar-refractivity contribution is 7.99. The molecule has 0 saturated carbocycles. The fourth-order valence-corrected chi connectivity index (χ4v) is 6.10. The fraction of sp³-hybridized carbons (Fsp3) is 0.269. The standard InChI is InChI=1S/C26H24FNO2S/c1-15(2)21-13-19(27)14-22-24(21)26(25-18(12-23(29)30)9-10-28(22)25)31-20-8-7-16-5-3-4-6-17(16)11-20/h3-8,11,13-15,18H,9-10,12H2,1-2H3,(H,29,30). The topological polar surface area (TPSA) is 42.2 Å². The van der Waals surface area contributed by atoms with Gasteiger partial charge >= 0.3 is 5.97 Å². The number of carbonyl (C=O) groups is 1. The van der Waals surface area contributed by atoms with Gasteiger partial charge in [-0.05, 0) is 52.9 Å². The Bertz CT molecular complexity index is 1320. The Balaban J connectivity index is 1.73. The lowest BCUT2D eigenvalue weighted by Crippen LogP contribution is -2.04. The number of aromatic nitrogens is 1. The van der Waals surface area contributed by atoms with Crippen molar-refractivity contribution in [2.24, 2.45) is 0 Å². The molecule has 31 heavy (non-hydrogen) atoms. The van der Waals surface area contributed by atoms with Crippen LogP contribution in [0, 0.1) is 5.82 Å². The molecule has 0 radical (unpaired) electrons. The minimum Gasteiger partial charge on any atom is -0.481 e. The van der Waals surface area contributed by atoms with Gasteiger partial charge in [-0.15, -0.1) is 0 Å². The molecule has 1 aliphatic rings. The lowest BCUT2D eigenvalue weighted by molar-refractivity contribution is -0.137. The van der Waals surface area contributed by atoms with Crippen molar-refractivity contribution in [1.29, 1.82) is 0 Å². The maximum Gasteiger partial charge on any atom is 0.304 e. The molecule has 0 aliphatic carbocycles. The van der Waals surface area contributed by atoms with Crippen LogP contribution in [0.15, 0.2) is 64.4 Å². The molecule has 1 aromatic heterocycles. The molecule has 3 aromatic carbocycles. The molecule has 1 atom stereocenters. The SMILES string of the molecule is CC(C)c1cc(F)cc2c1c(Sc1ccc3ccccc3c1)c1n2CCC1CC(=O)O. The number of hydrogen-bond acceptors (Lipinski definition) is 2. The van der Waals surface area contributed by atoms with Crippen LogP contribution in [0.1, 0.15) is 49.8 Å². The van der Waals surface area contributed by atoms with Gasteiger partial charge in [0.15, 0.2) is 0 Å². The highest BCUT2D eigenvalue weighted by atomic mass is 32.2. The Morgan fingerprint density at radius 1 is 1.16 bits per heavy atom. The van der Waals surface area contributed by atoms with Crippen molar-refractivity contribution in [3.05, 3.63) is 71.7 Å². The smallest absolute Gasteiger partial charge is 0.304 e. The highest BCUT2D eigenvalue weighted by Gasteiger charge is 2.33. The number of fused-ring (bicyclic) bond motifs is 4. The minimum absolute atomic E-state index is 0.0593. The number of carboxylic acid groups (broad SMARTS) is 1. The van der Waals surface area contributed by atoms with Gasteiger partial charge in [-0.2, -0.15) is 0 Å². The average molecular weight is 434 g/mol. The van der Waals surface area contributed by atoms with Gasteiger partial charge in [0.05, 0.1) is 11.9 Å². The van der Waals surface area contributed by atoms with E-state index in [4.69, 9.17) is 0 Å². The number of benzene rings is 3. The Kier molecular flexibility index (Phi) is 5.01. The van der Waals surface area contributed by atoms with E-state index < -0.39 is 5.97 Å². The first-order valence-corrected chi connectivity index (χ1v) is 11.5. The first-order valence-electron chi connectivity index (χ1n) is 10.7. The lowest BCUT2D eigenvalue weighted by Gasteiger charge is -2.14. The molecule has 0 bridgehead atoms. The summed E-state index contributed by atoms with van der Waals surface area (Å²) in [5, 5.41) is 12.9. The van der Waals surface area contributed by atoms with Gasteiger partial charge in [0.1, 0.15) is 5.82 Å². The summed E-state index contributed by atoms with van der Waals surface area (Å²) in [4.78, 5) is 13.7. The Morgan fingerprint density at radius 2 is 1.94 bits per heavy atom. The minimum atomic E-state index is -0.791. The summed E-state index contributed by atoms with van der Waals surface area (Å²) in [7, 11) is 0. The number of halogens is 1. The van der Waals surface area contributed by atoms with Crippen LogP contribution in [-0.4, -0.2) is 15.6 Å². The molecule has 4 aromatic rings. The summed E-state index contributed by atoms with van der Waals surface area (Å²) in [5.74, 6) is -0.924. The second kappa shape index (κ2) is 7.72. The van der Waals surface area contributed by atoms with Crippen molar-refractivity contribution in [3.8, 4) is 0 Å². The summed E-state index contributed by atoms with van der Waals surface area (Å²) in [6, 6.07) is 17.9. The van der Waals surface area contributed by atoms with Crippen molar-refractivity contribution >= 4 is 39.4 Å². The molecule has 1 aliphatic heterocycles. The van der Waals surface area contributed by atoms with Crippen LogP contribution in [0.4, 0.5) is 4.39 Å². The van der Waals surface area contributed by atoms with Crippen LogP contribution >= 0.6 is 11.8 Å². The summed E-state index contributed by atoms with van der Waals surface area (Å²) >= 11 is 1.68. The molecule has 2 heterocycles. The quantitative estimate of drug-likeness (QED) is 0.363. The number of nitrogens with zero attached hydrogens (tertiary/aromatic N) is 1. The number of aliphatic carboxylic acids is 1. The molecule has 1 unspecified atom stereocenters. The first-order chi connectivity index (χ1) is 14.9. The van der Waals surface area contributed by atoms with Crippen LogP contribution < -0.4 is 0 Å². The third-order valence-electron chi connectivity index (χ3n) is 6.23. The van der Waals surface area contributed by atoms with E-state index in [2.05, 4.69) is 48.7 Å². The lowest BCUT2D eigenvalue weighted by atomic mass is 9.96. The van der Waals surface area contributed by atoms with E-state index >= 15 is 0 Å². The second-order valence-electron chi connectivity index (χ2n) is 8.60. The zero-order chi connectivity index (χ0) is 21.7. The van der Waals surface area contributed by atoms with Gasteiger partial charge in [0.25, 0.3) is 0 Å². The van der Waals surface area contributed by atoms with Crippen LogP contribution in [0.3, 0.4) is 0 Å². The molecular weight excluding hydrogens is 409 g/mol. The summed E-state index contributed by atoms with van der Waals surface area (Å²) in [6.45, 7) is 4.88. The normalized spacial score (nSPS) is 15.8. The van der Waals surface area contributed by atoms with Gasteiger partial charge in [-0.1, -0.05) is 55.9 Å². The highest BCUT2D eigenvalue weighted by Crippen LogP contribution is 2.49. The molecular formula is C26H24FNO2S. The number of aryl methyl sites for hydroxylation is 1. The van der Waals surface area contributed by atoms with Crippen molar-refractivity contribution < 1.29 is 14.3 Å². The maximum absolute atomic E-state index is 14.5. The van der Waals surface area contributed by atoms with Crippen molar-refractivity contribution in [3.63, 3.8) is 0 Å². The third-order valence-corrected chi connectivity index (χ3v) is 7.33. The largest absolute Gasteiger partial charge is 0.481 e. The van der Waals surface area contributed by atoms with E-state index in [1.165, 1.54) is 10.8 Å². The predicted octanol–water partition coefficient (Wildman–Crippen LogP) is 7.17. The summed E-state index contributed by atoms with van der Waals surface area (Å²) in [5.41, 5.74) is 2.91. The van der Waals surface area contributed by atoms with Gasteiger partial charge in [0, 0.05) is 33.3 Å². The Hall–Kier alpha value is -2.79. The van der Waals surface area contributed by atoms with E-state index in [9.17, 15) is 14.3 Å². The van der Waals surface area contributed by atoms with Crippen molar-refractivity contribution in [1.82, 2.24) is 4.57 Å². The Labute approximate surface area is 184 Å². The second-order valence-corrected chi connectivity index (χ2v) is 9.69. The molecule has 3 nitrogen and oxygen atoms in total. The van der Waals surface area contributed by atoms with Gasteiger partial charge in [-0.25, -0.2) is 4.39 Å². The van der Waals surface area contributed by atoms with Crippen LogP contribution in [0.25, 0.3) is 21.7 Å². The maximum atomic E-state index is 14.5. The molecule has 0 spiro atoms. The van der Waals surface area contributed by atoms with Crippen molar-refractivity contribution in [2.45, 2.75) is 54.9 Å². The van der Waals surface area contributed by atoms with E-state index in [-0.39, 0.29) is 24.1 Å². The molecule has 5 rings (SSSR count). The van der Waals surface area contributed by atoms with E-state index in [0.717, 1.165) is 44.9 Å². The predicted molar refractivity (Wildman–Crippen MR) is 124 cm³/mol. The zero-order valence-electron chi connectivity index (χ0n) is 17.6. The fourth-order valence-electron chi connectivity index (χ4n) is 4.84. The third kappa shape index (κ3) is 3.51. The van der Waals surface area contributed by atoms with Crippen LogP contribution in [-0.2, 0) is 11.3 Å². The number of rotatable bonds is 5. The molecule has 0 saturated heterocycles. The number of hydrogen-bond donors (Lipinski definition) is 1.